The van der Waals surface area contributed by atoms with E-state index >= 15 is 0 Å². The molecule has 0 aliphatic rings. The van der Waals surface area contributed by atoms with Gasteiger partial charge in [-0.15, -0.1) is 10.1 Å². The van der Waals surface area contributed by atoms with Crippen molar-refractivity contribution in [1.29, 1.82) is 0 Å². The molecule has 0 radical (unpaired) electrons. The highest BCUT2D eigenvalue weighted by molar-refractivity contribution is 9.09. The van der Waals surface area contributed by atoms with Crippen LogP contribution in [0.4, 0.5) is 0 Å². The van der Waals surface area contributed by atoms with Crippen LogP contribution in [0.5, 0.6) is 0 Å². The third-order valence-electron chi connectivity index (χ3n) is 2.53. The molecule has 0 spiro atoms. The highest BCUT2D eigenvalue weighted by atomic mass is 33.5. The predicted molar refractivity (Wildman–Crippen MR) is 101 cm³/mol. The molecule has 0 bridgehead atoms. The molecule has 0 unspecified atom stereocenters. The van der Waals surface area contributed by atoms with E-state index in [-0.39, 0.29) is 24.7 Å². The fraction of sp³-hybridized carbons (Fsp3) is 0.667. The minimum atomic E-state index is -1.16. The molecule has 0 heterocycles. The molecule has 0 aromatic rings. The lowest BCUT2D eigenvalue weighted by atomic mass is 10.3. The van der Waals surface area contributed by atoms with Crippen LogP contribution in [0.15, 0.2) is 0 Å². The second-order valence-corrected chi connectivity index (χ2v) is 9.15. The number of hydrogen-bond donors (Lipinski definition) is 4. The van der Waals surface area contributed by atoms with Crippen LogP contribution in [-0.4, -0.2) is 70.6 Å². The lowest BCUT2D eigenvalue weighted by molar-refractivity contribution is -0.757. The maximum Gasteiger partial charge on any atom is 0.327 e. The van der Waals surface area contributed by atoms with Crippen LogP contribution < -0.4 is 16.0 Å². The standard InChI is InChI=1S/C12H20N4O8S3/c1-7(17)14-9(11(19)13-3-4-24-16(22)23)5-25-27-26-6-10(12(20)21)15-8(2)18/h9-10H,3-6H2,1-2H3,(H,13,19)(H,14,17)(H,15,18)(H,20,21)/t9-,10-/m0/s1. The summed E-state index contributed by atoms with van der Waals surface area (Å²) in [5, 5.41) is 25.2. The van der Waals surface area contributed by atoms with E-state index in [1.54, 1.807) is 0 Å². The minimum absolute atomic E-state index is 0.0978. The second kappa shape index (κ2) is 14.2. The van der Waals surface area contributed by atoms with E-state index in [0.29, 0.717) is 0 Å². The second-order valence-electron chi connectivity index (χ2n) is 4.83. The van der Waals surface area contributed by atoms with Gasteiger partial charge in [0.2, 0.25) is 17.7 Å². The monoisotopic (exact) mass is 444 g/mol. The number of nitrogens with one attached hydrogen (secondary N) is 3. The number of carbonyl (C=O) groups excluding carboxylic acids is 3. The highest BCUT2D eigenvalue weighted by Crippen LogP contribution is 2.35. The number of aliphatic carboxylic acids is 1. The third-order valence-corrected chi connectivity index (χ3v) is 6.79. The smallest absolute Gasteiger partial charge is 0.327 e. The first-order valence-corrected chi connectivity index (χ1v) is 11.2. The molecule has 154 valence electrons. The van der Waals surface area contributed by atoms with Crippen molar-refractivity contribution >= 4 is 55.1 Å². The molecule has 4 N–H and O–H groups in total. The molecule has 0 saturated carbocycles. The van der Waals surface area contributed by atoms with E-state index in [9.17, 15) is 29.3 Å². The molecule has 0 aliphatic heterocycles. The molecular formula is C12H20N4O8S3. The van der Waals surface area contributed by atoms with Gasteiger partial charge in [-0.25, -0.2) is 4.79 Å². The summed E-state index contributed by atoms with van der Waals surface area (Å²) < 4.78 is 0. The maximum atomic E-state index is 12.0. The van der Waals surface area contributed by atoms with Gasteiger partial charge in [-0.1, -0.05) is 21.6 Å². The number of carboxylic acid groups (broad SMARTS) is 1. The summed E-state index contributed by atoms with van der Waals surface area (Å²) in [6.07, 6.45) is 0. The summed E-state index contributed by atoms with van der Waals surface area (Å²) in [5.41, 5.74) is 0. The van der Waals surface area contributed by atoms with Gasteiger partial charge in [0, 0.05) is 31.9 Å². The molecular weight excluding hydrogens is 424 g/mol. The highest BCUT2D eigenvalue weighted by Gasteiger charge is 2.21. The van der Waals surface area contributed by atoms with Crippen molar-refractivity contribution in [1.82, 2.24) is 16.0 Å². The first-order chi connectivity index (χ1) is 12.6. The Morgan fingerprint density at radius 1 is 1.07 bits per heavy atom. The van der Waals surface area contributed by atoms with E-state index in [2.05, 4.69) is 20.8 Å². The minimum Gasteiger partial charge on any atom is -0.480 e. The van der Waals surface area contributed by atoms with Gasteiger partial charge >= 0.3 is 5.97 Å². The first-order valence-electron chi connectivity index (χ1n) is 7.36. The van der Waals surface area contributed by atoms with Crippen molar-refractivity contribution in [3.63, 3.8) is 0 Å². The molecule has 3 amide bonds. The van der Waals surface area contributed by atoms with Gasteiger partial charge in [0.25, 0.3) is 5.09 Å². The van der Waals surface area contributed by atoms with Crippen molar-refractivity contribution < 1.29 is 34.2 Å². The van der Waals surface area contributed by atoms with Gasteiger partial charge in [-0.2, -0.15) is 0 Å². The number of rotatable bonds is 14. The summed E-state index contributed by atoms with van der Waals surface area (Å²) >= 11 is 0. The molecule has 0 rings (SSSR count). The molecule has 0 aromatic carbocycles. The van der Waals surface area contributed by atoms with E-state index in [0.717, 1.165) is 0 Å². The lowest BCUT2D eigenvalue weighted by Gasteiger charge is -2.17. The molecule has 15 heteroatoms. The molecule has 0 saturated heterocycles. The Kier molecular flexibility index (Phi) is 13.2. The van der Waals surface area contributed by atoms with Gasteiger partial charge in [-0.05, 0) is 9.83 Å². The van der Waals surface area contributed by atoms with Gasteiger partial charge < -0.3 is 25.9 Å². The van der Waals surface area contributed by atoms with E-state index < -0.39 is 40.9 Å². The average Bonchev–Trinajstić information content (AvgIpc) is 2.55. The Bertz CT molecular complexity index is 551. The van der Waals surface area contributed by atoms with E-state index in [1.165, 1.54) is 45.3 Å². The Balaban J connectivity index is 4.27. The number of carbonyl (C=O) groups is 4. The topological polar surface area (TPSA) is 177 Å². The van der Waals surface area contributed by atoms with Crippen molar-refractivity contribution in [3.8, 4) is 0 Å². The summed E-state index contributed by atoms with van der Waals surface area (Å²) in [7, 11) is 3.59. The number of nitrogens with zero attached hydrogens (tertiary/aromatic N) is 1. The molecule has 12 nitrogen and oxygen atoms in total. The maximum absolute atomic E-state index is 12.0. The van der Waals surface area contributed by atoms with E-state index in [4.69, 9.17) is 5.11 Å². The van der Waals surface area contributed by atoms with Crippen LogP contribution in [-0.2, 0) is 24.0 Å². The molecule has 0 aromatic heterocycles. The zero-order chi connectivity index (χ0) is 20.8. The van der Waals surface area contributed by atoms with Crippen LogP contribution in [0.1, 0.15) is 13.8 Å². The van der Waals surface area contributed by atoms with Crippen LogP contribution in [0, 0.1) is 10.1 Å². The largest absolute Gasteiger partial charge is 0.480 e. The molecule has 2 atom stereocenters. The quantitative estimate of drug-likeness (QED) is 0.117. The average molecular weight is 445 g/mol. The zero-order valence-electron chi connectivity index (χ0n) is 14.5. The van der Waals surface area contributed by atoms with Crippen molar-refractivity contribution in [2.45, 2.75) is 25.9 Å². The number of amides is 3. The molecule has 27 heavy (non-hydrogen) atoms. The SMILES string of the molecule is CC(=O)N[C@@H](CSSSC[C@H](NC(C)=O)C(=O)NCCO[N+](=O)[O-])C(=O)O. The fourth-order valence-electron chi connectivity index (χ4n) is 1.49. The van der Waals surface area contributed by atoms with Crippen LogP contribution in [0.3, 0.4) is 0 Å². The summed E-state index contributed by atoms with van der Waals surface area (Å²) in [6, 6.07) is -1.90. The Labute approximate surface area is 166 Å². The van der Waals surface area contributed by atoms with Crippen molar-refractivity contribution in [2.24, 2.45) is 0 Å². The van der Waals surface area contributed by atoms with Gasteiger partial charge in [-0.3, -0.25) is 14.4 Å². The van der Waals surface area contributed by atoms with Crippen molar-refractivity contribution in [3.05, 3.63) is 10.1 Å². The molecule has 0 aliphatic carbocycles. The Morgan fingerprint density at radius 3 is 2.07 bits per heavy atom. The Morgan fingerprint density at radius 2 is 1.59 bits per heavy atom. The normalized spacial score (nSPS) is 12.4. The summed E-state index contributed by atoms with van der Waals surface area (Å²) in [5.74, 6) is -2.28. The van der Waals surface area contributed by atoms with Crippen LogP contribution >= 0.6 is 31.4 Å². The number of carboxylic acids is 1. The van der Waals surface area contributed by atoms with E-state index in [1.807, 2.05) is 0 Å². The first kappa shape index (κ1) is 25.1. The third kappa shape index (κ3) is 13.9. The van der Waals surface area contributed by atoms with Crippen LogP contribution in [0.25, 0.3) is 0 Å². The number of hydrogen-bond acceptors (Lipinski definition) is 10. The summed E-state index contributed by atoms with van der Waals surface area (Å²) in [4.78, 5) is 59.2. The van der Waals surface area contributed by atoms with Gasteiger partial charge in [0.1, 0.15) is 18.7 Å². The predicted octanol–water partition coefficient (Wildman–Crippen LogP) is -0.565. The van der Waals surface area contributed by atoms with Gasteiger partial charge in [0.05, 0.1) is 0 Å². The zero-order valence-corrected chi connectivity index (χ0v) is 16.9. The fourth-order valence-corrected chi connectivity index (χ4v) is 5.37. The van der Waals surface area contributed by atoms with Crippen LogP contribution in [0.2, 0.25) is 0 Å². The lowest BCUT2D eigenvalue weighted by Crippen LogP contribution is -2.48. The summed E-state index contributed by atoms with van der Waals surface area (Å²) in [6.45, 7) is 2.05. The van der Waals surface area contributed by atoms with Crippen molar-refractivity contribution in [2.75, 3.05) is 24.7 Å². The van der Waals surface area contributed by atoms with Gasteiger partial charge in [0.15, 0.2) is 0 Å². The molecule has 0 fully saturated rings. The Hall–Kier alpha value is -1.87.